The average Bonchev–Trinajstić information content (AvgIpc) is 2.88. The van der Waals surface area contributed by atoms with Crippen LogP contribution in [0.25, 0.3) is 0 Å². The minimum absolute atomic E-state index is 0.273. The van der Waals surface area contributed by atoms with Crippen LogP contribution in [0.1, 0.15) is 51.4 Å². The van der Waals surface area contributed by atoms with Crippen molar-refractivity contribution in [1.82, 2.24) is 0 Å². The van der Waals surface area contributed by atoms with E-state index in [-0.39, 0.29) is 10.8 Å². The summed E-state index contributed by atoms with van der Waals surface area (Å²) in [6, 6.07) is 0. The molecule has 14 heavy (non-hydrogen) atoms. The molecule has 0 radical (unpaired) electrons. The molecule has 0 atom stereocenters. The molecule has 0 nitrogen and oxygen atoms in total. The van der Waals surface area contributed by atoms with Gasteiger partial charge in [-0.05, 0) is 25.7 Å². The summed E-state index contributed by atoms with van der Waals surface area (Å²) >= 11 is 11.4. The van der Waals surface area contributed by atoms with Crippen LogP contribution in [0.4, 0.5) is 0 Å². The van der Waals surface area contributed by atoms with E-state index in [1.54, 1.807) is 0 Å². The fourth-order valence-electron chi connectivity index (χ4n) is 3.93. The first-order valence-electron chi connectivity index (χ1n) is 5.82. The Hall–Kier alpha value is 0.180. The maximum absolute atomic E-state index is 5.72. The van der Waals surface area contributed by atoms with Gasteiger partial charge in [0.05, 0.1) is 0 Å². The van der Waals surface area contributed by atoms with Crippen molar-refractivity contribution in [3.63, 3.8) is 0 Å². The van der Waals surface area contributed by atoms with Crippen LogP contribution < -0.4 is 0 Å². The maximum atomic E-state index is 5.72. The Labute approximate surface area is 96.5 Å². The van der Waals surface area contributed by atoms with Crippen LogP contribution in [-0.2, 0) is 0 Å². The van der Waals surface area contributed by atoms with Gasteiger partial charge in [-0.2, -0.15) is 0 Å². The van der Waals surface area contributed by atoms with Gasteiger partial charge in [0.1, 0.15) is 0 Å². The van der Waals surface area contributed by atoms with Crippen molar-refractivity contribution in [2.24, 2.45) is 10.8 Å². The van der Waals surface area contributed by atoms with E-state index in [0.29, 0.717) is 0 Å². The quantitative estimate of drug-likeness (QED) is 0.573. The first-order chi connectivity index (χ1) is 6.72. The third-order valence-corrected chi connectivity index (χ3v) is 6.22. The Morgan fingerprint density at radius 1 is 0.643 bits per heavy atom. The van der Waals surface area contributed by atoms with E-state index >= 15 is 0 Å². The van der Waals surface area contributed by atoms with Crippen molar-refractivity contribution in [1.29, 1.82) is 0 Å². The fraction of sp³-hybridized carbons (Fsp3) is 0.833. The molecule has 3 saturated carbocycles. The normalized spacial score (nSPS) is 32.9. The van der Waals surface area contributed by atoms with Gasteiger partial charge in [-0.25, -0.2) is 0 Å². The molecule has 0 unspecified atom stereocenters. The summed E-state index contributed by atoms with van der Waals surface area (Å²) < 4.78 is 0. The summed E-state index contributed by atoms with van der Waals surface area (Å²) in [6.45, 7) is 0. The van der Waals surface area contributed by atoms with Crippen molar-refractivity contribution in [2.75, 3.05) is 0 Å². The number of rotatable bonds is 0. The van der Waals surface area contributed by atoms with E-state index in [1.807, 2.05) is 0 Å². The van der Waals surface area contributed by atoms with Gasteiger partial charge in [0, 0.05) is 20.6 Å². The molecule has 3 aliphatic rings. The molecule has 3 aliphatic carbocycles. The Bertz CT molecular complexity index is 256. The highest BCUT2D eigenvalue weighted by Gasteiger charge is 2.64. The number of hydrogen-bond acceptors (Lipinski definition) is 2. The van der Waals surface area contributed by atoms with Gasteiger partial charge in [0.15, 0.2) is 0 Å². The van der Waals surface area contributed by atoms with Crippen molar-refractivity contribution in [2.45, 2.75) is 51.4 Å². The monoisotopic (exact) mass is 224 g/mol. The molecule has 2 spiro atoms. The van der Waals surface area contributed by atoms with E-state index < -0.39 is 0 Å². The van der Waals surface area contributed by atoms with Gasteiger partial charge in [0.25, 0.3) is 0 Å². The minimum Gasteiger partial charge on any atom is -0.0877 e. The zero-order valence-electron chi connectivity index (χ0n) is 8.47. The third kappa shape index (κ3) is 0.856. The van der Waals surface area contributed by atoms with Crippen LogP contribution in [0.3, 0.4) is 0 Å². The molecule has 0 aromatic carbocycles. The van der Waals surface area contributed by atoms with Crippen LogP contribution in [0.2, 0.25) is 0 Å². The molecule has 2 heteroatoms. The molecule has 0 saturated heterocycles. The SMILES string of the molecule is S=C1C2(CCCC2)C(=S)C12CCCC2. The van der Waals surface area contributed by atoms with Crippen molar-refractivity contribution >= 4 is 34.2 Å². The van der Waals surface area contributed by atoms with E-state index in [2.05, 4.69) is 0 Å². The Kier molecular flexibility index (Phi) is 1.92. The number of hydrogen-bond donors (Lipinski definition) is 0. The highest BCUT2D eigenvalue weighted by molar-refractivity contribution is 7.84. The first-order valence-corrected chi connectivity index (χ1v) is 6.64. The molecule has 0 heterocycles. The molecule has 0 bridgehead atoms. The summed E-state index contributed by atoms with van der Waals surface area (Å²) in [7, 11) is 0. The fourth-order valence-corrected chi connectivity index (χ4v) is 5.28. The van der Waals surface area contributed by atoms with Gasteiger partial charge in [0.2, 0.25) is 0 Å². The molecule has 76 valence electrons. The van der Waals surface area contributed by atoms with E-state index in [1.165, 1.54) is 61.1 Å². The smallest absolute Gasteiger partial charge is 0.0348 e. The van der Waals surface area contributed by atoms with E-state index in [4.69, 9.17) is 24.4 Å². The average molecular weight is 224 g/mol. The molecule has 0 aliphatic heterocycles. The summed E-state index contributed by atoms with van der Waals surface area (Å²) in [5, 5.41) is 0. The molecule has 3 rings (SSSR count). The number of thiocarbonyl (C=S) groups is 2. The van der Waals surface area contributed by atoms with Gasteiger partial charge < -0.3 is 0 Å². The Morgan fingerprint density at radius 2 is 0.929 bits per heavy atom. The summed E-state index contributed by atoms with van der Waals surface area (Å²) in [5.74, 6) is 0. The topological polar surface area (TPSA) is 0 Å². The molecule has 3 fully saturated rings. The van der Waals surface area contributed by atoms with Crippen LogP contribution in [0.15, 0.2) is 0 Å². The Balaban J connectivity index is 1.95. The zero-order chi connectivity index (χ0) is 9.81. The molecule has 0 aromatic rings. The largest absolute Gasteiger partial charge is 0.0877 e. The van der Waals surface area contributed by atoms with Gasteiger partial charge >= 0.3 is 0 Å². The summed E-state index contributed by atoms with van der Waals surface area (Å²) in [4.78, 5) is 2.73. The summed E-state index contributed by atoms with van der Waals surface area (Å²) in [5.41, 5.74) is 0.546. The van der Waals surface area contributed by atoms with Gasteiger partial charge in [-0.3, -0.25) is 0 Å². The van der Waals surface area contributed by atoms with Crippen molar-refractivity contribution in [3.8, 4) is 0 Å². The van der Waals surface area contributed by atoms with Gasteiger partial charge in [-0.15, -0.1) is 0 Å². The molecule has 0 aromatic heterocycles. The predicted molar refractivity (Wildman–Crippen MR) is 67.0 cm³/mol. The van der Waals surface area contributed by atoms with Gasteiger partial charge in [-0.1, -0.05) is 50.1 Å². The molecule has 0 amide bonds. The minimum atomic E-state index is 0.273. The molecular formula is C12H16S2. The zero-order valence-corrected chi connectivity index (χ0v) is 10.1. The predicted octanol–water partition coefficient (Wildman–Crippen LogP) is 3.86. The van der Waals surface area contributed by atoms with E-state index in [9.17, 15) is 0 Å². The van der Waals surface area contributed by atoms with E-state index in [0.717, 1.165) is 0 Å². The lowest BCUT2D eigenvalue weighted by Crippen LogP contribution is -2.62. The van der Waals surface area contributed by atoms with Crippen LogP contribution in [0, 0.1) is 10.8 Å². The molecular weight excluding hydrogens is 208 g/mol. The highest BCUT2D eigenvalue weighted by atomic mass is 32.1. The second-order valence-electron chi connectivity index (χ2n) is 5.24. The van der Waals surface area contributed by atoms with Crippen LogP contribution >= 0.6 is 24.4 Å². The van der Waals surface area contributed by atoms with Crippen molar-refractivity contribution < 1.29 is 0 Å². The summed E-state index contributed by atoms with van der Waals surface area (Å²) in [6.07, 6.45) is 10.5. The second kappa shape index (κ2) is 2.85. The second-order valence-corrected chi connectivity index (χ2v) is 6.05. The lowest BCUT2D eigenvalue weighted by Gasteiger charge is -2.55. The van der Waals surface area contributed by atoms with Crippen LogP contribution in [-0.4, -0.2) is 9.73 Å². The first kappa shape index (κ1) is 9.41. The lowest BCUT2D eigenvalue weighted by atomic mass is 9.50. The maximum Gasteiger partial charge on any atom is 0.0348 e. The van der Waals surface area contributed by atoms with Crippen LogP contribution in [0.5, 0.6) is 0 Å². The standard InChI is InChI=1S/C12H16S2/c13-9-11(5-1-2-6-11)10(14)12(9)7-3-4-8-12/h1-8H2. The molecule has 0 N–H and O–H groups in total. The highest BCUT2D eigenvalue weighted by Crippen LogP contribution is 2.63. The van der Waals surface area contributed by atoms with Crippen molar-refractivity contribution in [3.05, 3.63) is 0 Å². The lowest BCUT2D eigenvalue weighted by molar-refractivity contribution is 0.416. The Morgan fingerprint density at radius 3 is 1.21 bits per heavy atom. The third-order valence-electron chi connectivity index (χ3n) is 4.65.